The molecule has 0 aliphatic carbocycles. The van der Waals surface area contributed by atoms with Crippen LogP contribution in [-0.2, 0) is 11.2 Å². The van der Waals surface area contributed by atoms with Gasteiger partial charge < -0.3 is 10.1 Å². The Morgan fingerprint density at radius 2 is 1.71 bits per heavy atom. The Morgan fingerprint density at radius 1 is 1.09 bits per heavy atom. The molecule has 2 amide bonds. The monoisotopic (exact) mass is 539 g/mol. The summed E-state index contributed by atoms with van der Waals surface area (Å²) in [5, 5.41) is 3.15. The average molecular weight is 540 g/mol. The lowest BCUT2D eigenvalue weighted by Gasteiger charge is -2.19. The van der Waals surface area contributed by atoms with E-state index in [1.54, 1.807) is 56.4 Å². The van der Waals surface area contributed by atoms with Crippen LogP contribution in [0.5, 0.6) is 0 Å². The summed E-state index contributed by atoms with van der Waals surface area (Å²) >= 11 is 3.57. The molecule has 1 aromatic heterocycles. The van der Waals surface area contributed by atoms with Gasteiger partial charge >= 0.3 is 5.97 Å². The fourth-order valence-corrected chi connectivity index (χ4v) is 4.37. The highest BCUT2D eigenvalue weighted by molar-refractivity contribution is 9.10. The maximum Gasteiger partial charge on any atom is 0.359 e. The van der Waals surface area contributed by atoms with Crippen LogP contribution in [0.3, 0.4) is 0 Å². The van der Waals surface area contributed by atoms with Gasteiger partial charge in [-0.3, -0.25) is 14.5 Å². The number of nitrogens with one attached hydrogen (secondary N) is 1. The molecule has 180 valence electrons. The van der Waals surface area contributed by atoms with Gasteiger partial charge in [0, 0.05) is 30.2 Å². The molecule has 0 unspecified atom stereocenters. The van der Waals surface area contributed by atoms with Gasteiger partial charge in [0.15, 0.2) is 5.69 Å². The van der Waals surface area contributed by atoms with Crippen molar-refractivity contribution in [3.05, 3.63) is 93.0 Å². The fourth-order valence-electron chi connectivity index (χ4n) is 3.79. The molecule has 2 heterocycles. The highest BCUT2D eigenvalue weighted by atomic mass is 79.9. The number of rotatable bonds is 8. The predicted molar refractivity (Wildman–Crippen MR) is 132 cm³/mol. The highest BCUT2D eigenvalue weighted by Crippen LogP contribution is 2.31. The van der Waals surface area contributed by atoms with Gasteiger partial charge in [0.25, 0.3) is 11.8 Å². The molecular formula is C26H23BrFN3O4. The van der Waals surface area contributed by atoms with Crippen LogP contribution in [0.25, 0.3) is 0 Å². The largest absolute Gasteiger partial charge is 0.458 e. The van der Waals surface area contributed by atoms with Crippen LogP contribution in [-0.4, -0.2) is 46.9 Å². The fraction of sp³-hybridized carbons (Fsp3) is 0.231. The molecular weight excluding hydrogens is 517 g/mol. The summed E-state index contributed by atoms with van der Waals surface area (Å²) < 4.78 is 19.2. The Labute approximate surface area is 210 Å². The molecule has 0 radical (unpaired) electrons. The van der Waals surface area contributed by atoms with Crippen LogP contribution < -0.4 is 5.32 Å². The van der Waals surface area contributed by atoms with E-state index in [4.69, 9.17) is 4.74 Å². The molecule has 1 N–H and O–H groups in total. The molecule has 3 aromatic rings. The second kappa shape index (κ2) is 10.4. The SMILES string of the molecule is CC(C)OC(=O)c1ncc(Cc2ccc(F)cc2)c(Br)c1NCCN1C(=O)c2ccccc2C1=O. The molecule has 0 bridgehead atoms. The molecule has 7 nitrogen and oxygen atoms in total. The lowest BCUT2D eigenvalue weighted by atomic mass is 10.1. The number of carbonyl (C=O) groups is 3. The summed E-state index contributed by atoms with van der Waals surface area (Å²) in [5.74, 6) is -1.63. The van der Waals surface area contributed by atoms with Crippen LogP contribution in [0.1, 0.15) is 56.2 Å². The van der Waals surface area contributed by atoms with Gasteiger partial charge in [-0.25, -0.2) is 14.2 Å². The third kappa shape index (κ3) is 5.24. The van der Waals surface area contributed by atoms with Gasteiger partial charge in [-0.1, -0.05) is 24.3 Å². The van der Waals surface area contributed by atoms with E-state index in [1.807, 2.05) is 0 Å². The highest BCUT2D eigenvalue weighted by Gasteiger charge is 2.34. The number of carbonyl (C=O) groups excluding carboxylic acids is 3. The van der Waals surface area contributed by atoms with Crippen LogP contribution in [0.2, 0.25) is 0 Å². The van der Waals surface area contributed by atoms with Crippen molar-refractivity contribution < 1.29 is 23.5 Å². The first kappa shape index (κ1) is 24.5. The lowest BCUT2D eigenvalue weighted by Crippen LogP contribution is -2.34. The summed E-state index contributed by atoms with van der Waals surface area (Å²) in [6, 6.07) is 12.8. The van der Waals surface area contributed by atoms with Crippen molar-refractivity contribution >= 4 is 39.4 Å². The van der Waals surface area contributed by atoms with Crippen LogP contribution >= 0.6 is 15.9 Å². The van der Waals surface area contributed by atoms with E-state index in [9.17, 15) is 18.8 Å². The van der Waals surface area contributed by atoms with Crippen molar-refractivity contribution in [2.45, 2.75) is 26.4 Å². The van der Waals surface area contributed by atoms with E-state index in [2.05, 4.69) is 26.2 Å². The molecule has 9 heteroatoms. The number of halogens is 2. The second-order valence-electron chi connectivity index (χ2n) is 8.31. The maximum atomic E-state index is 13.3. The number of hydrogen-bond acceptors (Lipinski definition) is 6. The van der Waals surface area contributed by atoms with Gasteiger partial charge in [0.1, 0.15) is 5.82 Å². The van der Waals surface area contributed by atoms with Gasteiger partial charge in [-0.15, -0.1) is 0 Å². The van der Waals surface area contributed by atoms with Crippen molar-refractivity contribution in [2.24, 2.45) is 0 Å². The minimum atomic E-state index is -0.600. The standard InChI is InChI=1S/C26H23BrFN3O4/c1-15(2)35-26(34)23-22(21(27)17(14-30-23)13-16-7-9-18(28)10-8-16)29-11-12-31-24(32)19-5-3-4-6-20(19)25(31)33/h3-10,14-15,29H,11-13H2,1-2H3. The van der Waals surface area contributed by atoms with Crippen molar-refractivity contribution in [3.63, 3.8) is 0 Å². The summed E-state index contributed by atoms with van der Waals surface area (Å²) in [6.45, 7) is 3.77. The topological polar surface area (TPSA) is 88.6 Å². The number of fused-ring (bicyclic) bond motifs is 1. The molecule has 0 saturated carbocycles. The normalized spacial score (nSPS) is 12.8. The number of ether oxygens (including phenoxy) is 1. The number of imide groups is 1. The minimum Gasteiger partial charge on any atom is -0.458 e. The van der Waals surface area contributed by atoms with E-state index in [1.165, 1.54) is 17.0 Å². The molecule has 0 saturated heterocycles. The number of nitrogens with zero attached hydrogens (tertiary/aromatic N) is 2. The number of aromatic nitrogens is 1. The first-order valence-corrected chi connectivity index (χ1v) is 11.9. The smallest absolute Gasteiger partial charge is 0.359 e. The van der Waals surface area contributed by atoms with Crippen molar-refractivity contribution in [1.82, 2.24) is 9.88 Å². The number of benzene rings is 2. The van der Waals surface area contributed by atoms with Gasteiger partial charge in [0.05, 0.1) is 22.9 Å². The van der Waals surface area contributed by atoms with Gasteiger partial charge in [-0.2, -0.15) is 0 Å². The van der Waals surface area contributed by atoms with E-state index < -0.39 is 5.97 Å². The molecule has 4 rings (SSSR count). The Bertz CT molecular complexity index is 1260. The zero-order valence-corrected chi connectivity index (χ0v) is 20.8. The number of anilines is 1. The Balaban J connectivity index is 1.56. The number of esters is 1. The van der Waals surface area contributed by atoms with Crippen LogP contribution in [0.15, 0.2) is 59.2 Å². The number of amides is 2. The Hall–Kier alpha value is -3.59. The molecule has 0 spiro atoms. The van der Waals surface area contributed by atoms with Crippen LogP contribution in [0, 0.1) is 5.82 Å². The van der Waals surface area contributed by atoms with Crippen molar-refractivity contribution in [2.75, 3.05) is 18.4 Å². The second-order valence-corrected chi connectivity index (χ2v) is 9.11. The predicted octanol–water partition coefficient (Wildman–Crippen LogP) is 4.85. The van der Waals surface area contributed by atoms with Crippen LogP contribution in [0.4, 0.5) is 10.1 Å². The quantitative estimate of drug-likeness (QED) is 0.325. The van der Waals surface area contributed by atoms with E-state index >= 15 is 0 Å². The van der Waals surface area contributed by atoms with E-state index in [0.717, 1.165) is 11.1 Å². The third-order valence-electron chi connectivity index (χ3n) is 5.45. The molecule has 0 fully saturated rings. The summed E-state index contributed by atoms with van der Waals surface area (Å²) in [6.07, 6.45) is 1.67. The van der Waals surface area contributed by atoms with Crippen molar-refractivity contribution in [3.8, 4) is 0 Å². The molecule has 35 heavy (non-hydrogen) atoms. The summed E-state index contributed by atoms with van der Waals surface area (Å²) in [5.41, 5.74) is 2.86. The first-order chi connectivity index (χ1) is 16.8. The first-order valence-electron chi connectivity index (χ1n) is 11.1. The summed E-state index contributed by atoms with van der Waals surface area (Å²) in [4.78, 5) is 43.5. The Morgan fingerprint density at radius 3 is 2.31 bits per heavy atom. The average Bonchev–Trinajstić information content (AvgIpc) is 3.07. The molecule has 2 aromatic carbocycles. The zero-order valence-electron chi connectivity index (χ0n) is 19.2. The van der Waals surface area contributed by atoms with Gasteiger partial charge in [0.2, 0.25) is 0 Å². The molecule has 1 aliphatic rings. The zero-order chi connectivity index (χ0) is 25.1. The Kier molecular flexibility index (Phi) is 7.25. The lowest BCUT2D eigenvalue weighted by molar-refractivity contribution is 0.0371. The van der Waals surface area contributed by atoms with E-state index in [0.29, 0.717) is 27.7 Å². The van der Waals surface area contributed by atoms with E-state index in [-0.39, 0.29) is 42.5 Å². The molecule has 0 atom stereocenters. The number of pyridine rings is 1. The minimum absolute atomic E-state index is 0.0794. The summed E-state index contributed by atoms with van der Waals surface area (Å²) in [7, 11) is 0. The molecule has 1 aliphatic heterocycles. The van der Waals surface area contributed by atoms with Gasteiger partial charge in [-0.05, 0) is 65.2 Å². The van der Waals surface area contributed by atoms with Crippen molar-refractivity contribution in [1.29, 1.82) is 0 Å². The maximum absolute atomic E-state index is 13.3. The number of hydrogen-bond donors (Lipinski definition) is 1. The third-order valence-corrected chi connectivity index (χ3v) is 6.35.